The molecule has 0 atom stereocenters. The summed E-state index contributed by atoms with van der Waals surface area (Å²) in [6.07, 6.45) is 7.19. The summed E-state index contributed by atoms with van der Waals surface area (Å²) >= 11 is 0. The van der Waals surface area contributed by atoms with Gasteiger partial charge in [0.25, 0.3) is 0 Å². The first-order chi connectivity index (χ1) is 12.6. The van der Waals surface area contributed by atoms with Gasteiger partial charge in [0.2, 0.25) is 0 Å². The molecule has 0 spiro atoms. The first-order valence-corrected chi connectivity index (χ1v) is 9.47. The van der Waals surface area contributed by atoms with E-state index in [9.17, 15) is 9.59 Å². The number of carbonyl (C=O) groups excluding carboxylic acids is 2. The summed E-state index contributed by atoms with van der Waals surface area (Å²) in [5.74, 6) is -0.0148. The first kappa shape index (κ1) is 20.2. The minimum Gasteiger partial charge on any atom is -0.429 e. The Bertz CT molecular complexity index is 560. The molecule has 0 aromatic heterocycles. The lowest BCUT2D eigenvalue weighted by Gasteiger charge is -2.27. The van der Waals surface area contributed by atoms with Crippen LogP contribution in [0, 0.1) is 5.92 Å². The zero-order valence-electron chi connectivity index (χ0n) is 15.6. The average molecular weight is 364 g/mol. The standard InChI is InChI=1S/C20H28O6/c1-3-5-6-16-9-13-18(14-10-16)23-20(22)25-26-24-19(21)17-11-7-15(4-2)8-12-17/h7-8,11-12,16,18H,3-6,9-10,13-14H2,1-2H3. The zero-order valence-corrected chi connectivity index (χ0v) is 15.6. The summed E-state index contributed by atoms with van der Waals surface area (Å²) in [6, 6.07) is 6.89. The van der Waals surface area contributed by atoms with E-state index in [1.54, 1.807) is 12.1 Å². The summed E-state index contributed by atoms with van der Waals surface area (Å²) < 4.78 is 5.18. The Hall–Kier alpha value is -2.08. The number of benzene rings is 1. The maximum atomic E-state index is 11.8. The molecule has 1 aromatic carbocycles. The molecule has 0 saturated heterocycles. The van der Waals surface area contributed by atoms with Gasteiger partial charge in [0.1, 0.15) is 6.10 Å². The number of rotatable bonds is 8. The van der Waals surface area contributed by atoms with Crippen LogP contribution >= 0.6 is 0 Å². The molecule has 1 saturated carbocycles. The van der Waals surface area contributed by atoms with E-state index < -0.39 is 12.1 Å². The number of ether oxygens (including phenoxy) is 1. The van der Waals surface area contributed by atoms with Crippen molar-refractivity contribution in [1.29, 1.82) is 0 Å². The molecule has 1 aliphatic rings. The second kappa shape index (κ2) is 10.8. The topological polar surface area (TPSA) is 71.1 Å². The maximum absolute atomic E-state index is 11.8. The largest absolute Gasteiger partial charge is 0.543 e. The lowest BCUT2D eigenvalue weighted by Crippen LogP contribution is -2.25. The number of hydrogen-bond acceptors (Lipinski definition) is 6. The molecular weight excluding hydrogens is 336 g/mol. The Kier molecular flexibility index (Phi) is 8.41. The van der Waals surface area contributed by atoms with Gasteiger partial charge in [-0.25, -0.2) is 14.5 Å². The fourth-order valence-electron chi connectivity index (χ4n) is 3.19. The monoisotopic (exact) mass is 364 g/mol. The zero-order chi connectivity index (χ0) is 18.8. The van der Waals surface area contributed by atoms with Crippen molar-refractivity contribution in [2.75, 3.05) is 0 Å². The predicted octanol–water partition coefficient (Wildman–Crippen LogP) is 5.15. The second-order valence-electron chi connectivity index (χ2n) is 6.73. The summed E-state index contributed by atoms with van der Waals surface area (Å²) in [4.78, 5) is 32.2. The van der Waals surface area contributed by atoms with Gasteiger partial charge in [0, 0.05) is 0 Å². The Balaban J connectivity index is 1.62. The van der Waals surface area contributed by atoms with Crippen LogP contribution in [0.1, 0.15) is 74.7 Å². The minimum absolute atomic E-state index is 0.165. The van der Waals surface area contributed by atoms with Gasteiger partial charge in [-0.2, -0.15) is 0 Å². The highest BCUT2D eigenvalue weighted by atomic mass is 17.5. The normalized spacial score (nSPS) is 19.6. The molecule has 0 aliphatic heterocycles. The van der Waals surface area contributed by atoms with Crippen LogP contribution < -0.4 is 0 Å². The molecule has 2 rings (SSSR count). The third-order valence-electron chi connectivity index (χ3n) is 4.83. The highest BCUT2D eigenvalue weighted by Crippen LogP contribution is 2.29. The van der Waals surface area contributed by atoms with Crippen LogP contribution in [0.2, 0.25) is 0 Å². The van der Waals surface area contributed by atoms with Crippen LogP contribution in [0.3, 0.4) is 0 Å². The molecule has 0 N–H and O–H groups in total. The maximum Gasteiger partial charge on any atom is 0.543 e. The molecule has 6 nitrogen and oxygen atoms in total. The van der Waals surface area contributed by atoms with Crippen molar-refractivity contribution >= 4 is 12.1 Å². The van der Waals surface area contributed by atoms with Crippen LogP contribution in [-0.2, 0) is 26.0 Å². The van der Waals surface area contributed by atoms with Crippen molar-refractivity contribution in [3.63, 3.8) is 0 Å². The molecule has 0 unspecified atom stereocenters. The Morgan fingerprint density at radius 1 is 1.00 bits per heavy atom. The average Bonchev–Trinajstić information content (AvgIpc) is 2.67. The number of hydrogen-bond donors (Lipinski definition) is 0. The van der Waals surface area contributed by atoms with Crippen molar-refractivity contribution < 1.29 is 29.1 Å². The van der Waals surface area contributed by atoms with Crippen molar-refractivity contribution in [1.82, 2.24) is 0 Å². The predicted molar refractivity (Wildman–Crippen MR) is 95.2 cm³/mol. The Morgan fingerprint density at radius 2 is 1.69 bits per heavy atom. The molecule has 0 amide bonds. The minimum atomic E-state index is -0.990. The Morgan fingerprint density at radius 3 is 2.31 bits per heavy atom. The number of aryl methyl sites for hydroxylation is 1. The molecule has 6 heteroatoms. The highest BCUT2D eigenvalue weighted by Gasteiger charge is 2.24. The van der Waals surface area contributed by atoms with E-state index in [2.05, 4.69) is 21.7 Å². The number of carbonyl (C=O) groups is 2. The van der Waals surface area contributed by atoms with Gasteiger partial charge >= 0.3 is 12.1 Å². The van der Waals surface area contributed by atoms with Gasteiger partial charge in [-0.3, -0.25) is 4.89 Å². The van der Waals surface area contributed by atoms with Gasteiger partial charge in [-0.15, -0.1) is 0 Å². The fraction of sp³-hybridized carbons (Fsp3) is 0.600. The molecule has 26 heavy (non-hydrogen) atoms. The van der Waals surface area contributed by atoms with Crippen LogP contribution in [0.4, 0.5) is 4.79 Å². The number of unbranched alkanes of at least 4 members (excludes halogenated alkanes) is 1. The lowest BCUT2D eigenvalue weighted by atomic mass is 9.84. The van der Waals surface area contributed by atoms with Crippen LogP contribution in [0.5, 0.6) is 0 Å². The van der Waals surface area contributed by atoms with E-state index in [1.165, 1.54) is 19.3 Å². The van der Waals surface area contributed by atoms with Crippen LogP contribution in [-0.4, -0.2) is 18.2 Å². The molecule has 1 fully saturated rings. The first-order valence-electron chi connectivity index (χ1n) is 9.47. The van der Waals surface area contributed by atoms with Crippen molar-refractivity contribution in [3.05, 3.63) is 35.4 Å². The van der Waals surface area contributed by atoms with E-state index in [0.717, 1.165) is 43.6 Å². The van der Waals surface area contributed by atoms with E-state index in [1.807, 2.05) is 19.1 Å². The van der Waals surface area contributed by atoms with Gasteiger partial charge in [-0.1, -0.05) is 45.2 Å². The summed E-state index contributed by atoms with van der Waals surface area (Å²) in [5, 5.41) is 4.26. The molecule has 0 heterocycles. The summed E-state index contributed by atoms with van der Waals surface area (Å²) in [6.45, 7) is 4.21. The third-order valence-corrected chi connectivity index (χ3v) is 4.83. The SMILES string of the molecule is CCCCC1CCC(OC(=O)OOOC(=O)c2ccc(CC)cc2)CC1. The van der Waals surface area contributed by atoms with E-state index >= 15 is 0 Å². The molecule has 1 aromatic rings. The molecule has 1 aliphatic carbocycles. The van der Waals surface area contributed by atoms with Crippen LogP contribution in [0.15, 0.2) is 24.3 Å². The van der Waals surface area contributed by atoms with E-state index in [-0.39, 0.29) is 6.10 Å². The van der Waals surface area contributed by atoms with Gasteiger partial charge in [-0.05, 0) is 55.7 Å². The Labute approximate surface area is 154 Å². The van der Waals surface area contributed by atoms with E-state index in [0.29, 0.717) is 5.56 Å². The second-order valence-corrected chi connectivity index (χ2v) is 6.73. The smallest absolute Gasteiger partial charge is 0.429 e. The van der Waals surface area contributed by atoms with Gasteiger partial charge in [0.05, 0.1) is 10.6 Å². The van der Waals surface area contributed by atoms with Gasteiger partial charge < -0.3 is 4.74 Å². The molecule has 0 radical (unpaired) electrons. The van der Waals surface area contributed by atoms with Crippen molar-refractivity contribution in [2.24, 2.45) is 5.92 Å². The molecular formula is C20H28O6. The third kappa shape index (κ3) is 6.67. The highest BCUT2D eigenvalue weighted by molar-refractivity contribution is 5.88. The summed E-state index contributed by atoms with van der Waals surface area (Å²) in [5.41, 5.74) is 1.41. The lowest BCUT2D eigenvalue weighted by molar-refractivity contribution is -0.453. The van der Waals surface area contributed by atoms with Gasteiger partial charge in [0.15, 0.2) is 0 Å². The fourth-order valence-corrected chi connectivity index (χ4v) is 3.19. The van der Waals surface area contributed by atoms with Crippen LogP contribution in [0.25, 0.3) is 0 Å². The van der Waals surface area contributed by atoms with Crippen molar-refractivity contribution in [2.45, 2.75) is 71.3 Å². The molecule has 144 valence electrons. The summed E-state index contributed by atoms with van der Waals surface area (Å²) in [7, 11) is 0. The molecule has 0 bridgehead atoms. The van der Waals surface area contributed by atoms with E-state index in [4.69, 9.17) is 4.74 Å². The van der Waals surface area contributed by atoms with Crippen molar-refractivity contribution in [3.8, 4) is 0 Å². The quantitative estimate of drug-likeness (QED) is 0.361.